The first-order valence-electron chi connectivity index (χ1n) is 8.69. The number of amides is 1. The van der Waals surface area contributed by atoms with E-state index in [-0.39, 0.29) is 17.4 Å². The summed E-state index contributed by atoms with van der Waals surface area (Å²) in [7, 11) is 0. The van der Waals surface area contributed by atoms with Gasteiger partial charge in [-0.25, -0.2) is 0 Å². The van der Waals surface area contributed by atoms with Gasteiger partial charge >= 0.3 is 0 Å². The van der Waals surface area contributed by atoms with Crippen LogP contribution in [0.25, 0.3) is 11.1 Å². The summed E-state index contributed by atoms with van der Waals surface area (Å²) in [5.41, 5.74) is 4.03. The molecule has 2 aliphatic heterocycles. The number of carbonyl (C=O) groups excluding carboxylic acids is 1. The summed E-state index contributed by atoms with van der Waals surface area (Å²) in [6.07, 6.45) is 1.05. The maximum Gasteiger partial charge on any atom is 0.251 e. The summed E-state index contributed by atoms with van der Waals surface area (Å²) in [5, 5.41) is 0.727. The number of rotatable bonds is 1. The van der Waals surface area contributed by atoms with Gasteiger partial charge in [-0.2, -0.15) is 0 Å². The molecule has 130 valence electrons. The predicted molar refractivity (Wildman–Crippen MR) is 99.0 cm³/mol. The zero-order chi connectivity index (χ0) is 17.7. The number of aromatic nitrogens is 1. The number of benzene rings is 1. The number of carbonyl (C=O) groups is 1. The van der Waals surface area contributed by atoms with Crippen molar-refractivity contribution in [3.63, 3.8) is 0 Å². The number of halogens is 1. The fourth-order valence-electron chi connectivity index (χ4n) is 4.21. The van der Waals surface area contributed by atoms with Crippen molar-refractivity contribution in [1.82, 2.24) is 9.47 Å². The molecular formula is C20H21ClN2O2. The molecule has 1 amide bonds. The smallest absolute Gasteiger partial charge is 0.251 e. The highest BCUT2D eigenvalue weighted by atomic mass is 35.5. The first kappa shape index (κ1) is 16.4. The fraction of sp³-hybridized carbons (Fsp3) is 0.400. The Labute approximate surface area is 152 Å². The highest BCUT2D eigenvalue weighted by molar-refractivity contribution is 6.31. The van der Waals surface area contributed by atoms with E-state index in [1.54, 1.807) is 13.0 Å². The molecule has 0 aliphatic carbocycles. The third-order valence-corrected chi connectivity index (χ3v) is 5.92. The van der Waals surface area contributed by atoms with Crippen LogP contribution < -0.4 is 5.56 Å². The summed E-state index contributed by atoms with van der Waals surface area (Å²) in [6, 6.07) is 9.68. The van der Waals surface area contributed by atoms with Crippen molar-refractivity contribution in [2.75, 3.05) is 13.1 Å². The quantitative estimate of drug-likeness (QED) is 0.785. The number of piperidine rings is 1. The maximum atomic E-state index is 12.7. The first-order valence-corrected chi connectivity index (χ1v) is 9.07. The predicted octanol–water partition coefficient (Wildman–Crippen LogP) is 3.44. The average Bonchev–Trinajstić information content (AvgIpc) is 2.58. The Morgan fingerprint density at radius 3 is 2.64 bits per heavy atom. The molecular weight excluding hydrogens is 336 g/mol. The van der Waals surface area contributed by atoms with Gasteiger partial charge in [0.1, 0.15) is 0 Å². The van der Waals surface area contributed by atoms with Crippen LogP contribution in [0.15, 0.2) is 35.1 Å². The standard InChI is InChI=1S/C20H21ClN2O2/c1-12-5-15(3-4-18(12)21)16-7-19-17-6-14(9-22(11-17)13(2)24)10-23(19)20(25)8-16/h3-5,7-8,14,17H,6,9-11H2,1-2H3/t14-,17+/m0/s1. The lowest BCUT2D eigenvalue weighted by atomic mass is 9.82. The molecule has 4 rings (SSSR count). The number of aryl methyl sites for hydroxylation is 1. The van der Waals surface area contributed by atoms with Gasteiger partial charge in [-0.15, -0.1) is 0 Å². The Bertz CT molecular complexity index is 918. The van der Waals surface area contributed by atoms with Gasteiger partial charge < -0.3 is 9.47 Å². The average molecular weight is 357 g/mol. The molecule has 1 fully saturated rings. The third-order valence-electron chi connectivity index (χ3n) is 5.49. The van der Waals surface area contributed by atoms with Gasteiger partial charge in [0.2, 0.25) is 5.91 Å². The number of hydrogen-bond acceptors (Lipinski definition) is 2. The molecule has 1 saturated heterocycles. The van der Waals surface area contributed by atoms with E-state index < -0.39 is 0 Å². The summed E-state index contributed by atoms with van der Waals surface area (Å²) in [5.74, 6) is 0.726. The molecule has 0 radical (unpaired) electrons. The minimum absolute atomic E-state index is 0.0473. The Hall–Kier alpha value is -2.07. The largest absolute Gasteiger partial charge is 0.342 e. The van der Waals surface area contributed by atoms with Crippen molar-refractivity contribution < 1.29 is 4.79 Å². The van der Waals surface area contributed by atoms with Gasteiger partial charge in [0.05, 0.1) is 0 Å². The molecule has 0 unspecified atom stereocenters. The molecule has 3 heterocycles. The Morgan fingerprint density at radius 1 is 1.12 bits per heavy atom. The number of likely N-dealkylation sites (tertiary alicyclic amines) is 1. The molecule has 2 bridgehead atoms. The van der Waals surface area contributed by atoms with Gasteiger partial charge in [-0.1, -0.05) is 17.7 Å². The molecule has 5 heteroatoms. The Balaban J connectivity index is 1.78. The van der Waals surface area contributed by atoms with E-state index in [1.165, 1.54) is 0 Å². The molecule has 0 spiro atoms. The highest BCUT2D eigenvalue weighted by Crippen LogP contribution is 2.36. The van der Waals surface area contributed by atoms with Crippen LogP contribution in [-0.4, -0.2) is 28.5 Å². The SMILES string of the molecule is CC(=O)N1C[C@@H]2C[C@H](C1)c1cc(-c3ccc(Cl)c(C)c3)cc(=O)n1C2. The highest BCUT2D eigenvalue weighted by Gasteiger charge is 2.35. The van der Waals surface area contributed by atoms with Crippen molar-refractivity contribution in [1.29, 1.82) is 0 Å². The fourth-order valence-corrected chi connectivity index (χ4v) is 4.32. The molecule has 2 aromatic rings. The van der Waals surface area contributed by atoms with E-state index in [1.807, 2.05) is 34.6 Å². The minimum atomic E-state index is 0.0473. The second kappa shape index (κ2) is 6.03. The van der Waals surface area contributed by atoms with Crippen LogP contribution in [0, 0.1) is 12.8 Å². The Kier molecular flexibility index (Phi) is 3.95. The molecule has 0 saturated carbocycles. The van der Waals surface area contributed by atoms with Crippen LogP contribution in [0.3, 0.4) is 0 Å². The maximum absolute atomic E-state index is 12.7. The van der Waals surface area contributed by atoms with Crippen molar-refractivity contribution in [2.24, 2.45) is 5.92 Å². The Morgan fingerprint density at radius 2 is 1.92 bits per heavy atom. The van der Waals surface area contributed by atoms with Gasteiger partial charge in [0.25, 0.3) is 5.56 Å². The second-order valence-corrected chi connectivity index (χ2v) is 7.71. The van der Waals surface area contributed by atoms with E-state index in [0.29, 0.717) is 19.0 Å². The monoisotopic (exact) mass is 356 g/mol. The van der Waals surface area contributed by atoms with Gasteiger partial charge in [0, 0.05) is 49.3 Å². The van der Waals surface area contributed by atoms with Crippen LogP contribution >= 0.6 is 11.6 Å². The van der Waals surface area contributed by atoms with Crippen molar-refractivity contribution in [2.45, 2.75) is 32.7 Å². The lowest BCUT2D eigenvalue weighted by molar-refractivity contribution is -0.131. The van der Waals surface area contributed by atoms with E-state index in [4.69, 9.17) is 11.6 Å². The number of nitrogens with zero attached hydrogens (tertiary/aromatic N) is 2. The van der Waals surface area contributed by atoms with E-state index in [2.05, 4.69) is 6.07 Å². The van der Waals surface area contributed by atoms with Crippen molar-refractivity contribution in [3.8, 4) is 11.1 Å². The van der Waals surface area contributed by atoms with Crippen LogP contribution in [-0.2, 0) is 11.3 Å². The molecule has 0 N–H and O–H groups in total. The summed E-state index contributed by atoms with van der Waals surface area (Å²) >= 11 is 6.13. The number of hydrogen-bond donors (Lipinski definition) is 0. The summed E-state index contributed by atoms with van der Waals surface area (Å²) < 4.78 is 1.91. The van der Waals surface area contributed by atoms with Crippen LogP contribution in [0.5, 0.6) is 0 Å². The molecule has 25 heavy (non-hydrogen) atoms. The summed E-state index contributed by atoms with van der Waals surface area (Å²) in [4.78, 5) is 26.4. The summed E-state index contributed by atoms with van der Waals surface area (Å²) in [6.45, 7) is 5.76. The first-order chi connectivity index (χ1) is 11.9. The second-order valence-electron chi connectivity index (χ2n) is 7.30. The van der Waals surface area contributed by atoms with E-state index in [0.717, 1.165) is 40.4 Å². The lowest BCUT2D eigenvalue weighted by Crippen LogP contribution is -2.48. The molecule has 1 aromatic heterocycles. The topological polar surface area (TPSA) is 42.3 Å². The van der Waals surface area contributed by atoms with E-state index in [9.17, 15) is 9.59 Å². The zero-order valence-electron chi connectivity index (χ0n) is 14.5. The van der Waals surface area contributed by atoms with Gasteiger partial charge in [0.15, 0.2) is 0 Å². The minimum Gasteiger partial charge on any atom is -0.342 e. The van der Waals surface area contributed by atoms with Crippen molar-refractivity contribution in [3.05, 3.63) is 57.0 Å². The van der Waals surface area contributed by atoms with Crippen LogP contribution in [0.4, 0.5) is 0 Å². The van der Waals surface area contributed by atoms with Gasteiger partial charge in [-0.3, -0.25) is 9.59 Å². The van der Waals surface area contributed by atoms with Crippen molar-refractivity contribution >= 4 is 17.5 Å². The van der Waals surface area contributed by atoms with Gasteiger partial charge in [-0.05, 0) is 54.2 Å². The molecule has 4 nitrogen and oxygen atoms in total. The zero-order valence-corrected chi connectivity index (χ0v) is 15.2. The van der Waals surface area contributed by atoms with Crippen LogP contribution in [0.2, 0.25) is 5.02 Å². The normalized spacial score (nSPS) is 21.8. The molecule has 1 aromatic carbocycles. The van der Waals surface area contributed by atoms with Crippen LogP contribution in [0.1, 0.15) is 30.5 Å². The molecule has 2 aliphatic rings. The number of pyridine rings is 1. The lowest BCUT2D eigenvalue weighted by Gasteiger charge is -2.42. The third kappa shape index (κ3) is 2.89. The number of fused-ring (bicyclic) bond motifs is 4. The molecule has 2 atom stereocenters. The van der Waals surface area contributed by atoms with E-state index >= 15 is 0 Å².